The topological polar surface area (TPSA) is 65.1 Å². The van der Waals surface area contributed by atoms with Gasteiger partial charge in [0.1, 0.15) is 11.5 Å². The van der Waals surface area contributed by atoms with Crippen molar-refractivity contribution in [3.8, 4) is 11.5 Å². The number of ether oxygens (including phenoxy) is 3. The zero-order valence-corrected chi connectivity index (χ0v) is 18.1. The largest absolute Gasteiger partial charge is 0.497 e. The van der Waals surface area contributed by atoms with Gasteiger partial charge < -0.3 is 14.2 Å². The molecule has 2 aromatic rings. The first-order valence-electron chi connectivity index (χ1n) is 8.74. The SMILES string of the molecule is COC(=O)C1=C(C)N(c2cccc(Br)c2)C(=O)/C1=C\c1cc(OC)ccc1OC. The van der Waals surface area contributed by atoms with Crippen LogP contribution >= 0.6 is 15.9 Å². The third kappa shape index (κ3) is 3.91. The number of rotatable bonds is 5. The molecule has 0 saturated heterocycles. The first-order valence-corrected chi connectivity index (χ1v) is 9.53. The zero-order chi connectivity index (χ0) is 21.1. The highest BCUT2D eigenvalue weighted by Crippen LogP contribution is 2.37. The van der Waals surface area contributed by atoms with E-state index < -0.39 is 5.97 Å². The van der Waals surface area contributed by atoms with E-state index in [1.54, 1.807) is 44.4 Å². The third-order valence-corrected chi connectivity index (χ3v) is 5.09. The van der Waals surface area contributed by atoms with Gasteiger partial charge in [0.25, 0.3) is 5.91 Å². The normalized spacial score (nSPS) is 15.1. The van der Waals surface area contributed by atoms with Crippen LogP contribution in [0.25, 0.3) is 6.08 Å². The molecule has 0 fully saturated rings. The molecule has 2 aromatic carbocycles. The number of hydrogen-bond acceptors (Lipinski definition) is 5. The van der Waals surface area contributed by atoms with Crippen LogP contribution in [0.2, 0.25) is 0 Å². The Labute approximate surface area is 177 Å². The Hall–Kier alpha value is -3.06. The summed E-state index contributed by atoms with van der Waals surface area (Å²) in [7, 11) is 4.38. The average Bonchev–Trinajstić information content (AvgIpc) is 2.96. The number of carbonyl (C=O) groups excluding carboxylic acids is 2. The van der Waals surface area contributed by atoms with Crippen LogP contribution in [0.3, 0.4) is 0 Å². The molecule has 29 heavy (non-hydrogen) atoms. The predicted octanol–water partition coefficient (Wildman–Crippen LogP) is 4.34. The molecule has 0 radical (unpaired) electrons. The molecule has 1 heterocycles. The van der Waals surface area contributed by atoms with Gasteiger partial charge in [-0.1, -0.05) is 22.0 Å². The highest BCUT2D eigenvalue weighted by molar-refractivity contribution is 9.10. The molecule has 3 rings (SSSR count). The van der Waals surface area contributed by atoms with Crippen LogP contribution in [-0.4, -0.2) is 33.2 Å². The lowest BCUT2D eigenvalue weighted by atomic mass is 10.0. The predicted molar refractivity (Wildman–Crippen MR) is 114 cm³/mol. The van der Waals surface area contributed by atoms with E-state index in [2.05, 4.69) is 15.9 Å². The van der Waals surface area contributed by atoms with E-state index in [0.717, 1.165) is 4.47 Å². The minimum Gasteiger partial charge on any atom is -0.497 e. The van der Waals surface area contributed by atoms with Crippen LogP contribution in [0.4, 0.5) is 5.69 Å². The smallest absolute Gasteiger partial charge is 0.340 e. The molecule has 1 amide bonds. The summed E-state index contributed by atoms with van der Waals surface area (Å²) in [5, 5.41) is 0. The van der Waals surface area contributed by atoms with Crippen LogP contribution in [-0.2, 0) is 14.3 Å². The Morgan fingerprint density at radius 3 is 2.45 bits per heavy atom. The van der Waals surface area contributed by atoms with Crippen molar-refractivity contribution in [1.82, 2.24) is 0 Å². The number of amides is 1. The second kappa shape index (κ2) is 8.53. The van der Waals surface area contributed by atoms with Gasteiger partial charge >= 0.3 is 5.97 Å². The summed E-state index contributed by atoms with van der Waals surface area (Å²) in [4.78, 5) is 27.4. The summed E-state index contributed by atoms with van der Waals surface area (Å²) in [6, 6.07) is 12.5. The highest BCUT2D eigenvalue weighted by atomic mass is 79.9. The zero-order valence-electron chi connectivity index (χ0n) is 16.5. The number of halogens is 1. The summed E-state index contributed by atoms with van der Waals surface area (Å²) < 4.78 is 16.4. The number of benzene rings is 2. The monoisotopic (exact) mass is 457 g/mol. The molecule has 0 bridgehead atoms. The van der Waals surface area contributed by atoms with Gasteiger partial charge in [0, 0.05) is 15.7 Å². The van der Waals surface area contributed by atoms with Gasteiger partial charge in [0.2, 0.25) is 0 Å². The Morgan fingerprint density at radius 1 is 1.07 bits per heavy atom. The van der Waals surface area contributed by atoms with Crippen molar-refractivity contribution < 1.29 is 23.8 Å². The van der Waals surface area contributed by atoms with Crippen LogP contribution in [0.5, 0.6) is 11.5 Å². The molecule has 150 valence electrons. The fraction of sp³-hybridized carbons (Fsp3) is 0.182. The quantitative estimate of drug-likeness (QED) is 0.493. The van der Waals surface area contributed by atoms with Gasteiger partial charge in [0.05, 0.1) is 38.2 Å². The Balaban J connectivity index is 2.19. The molecule has 0 spiro atoms. The molecule has 1 aliphatic heterocycles. The molecule has 7 heteroatoms. The molecular formula is C22H20BrNO5. The van der Waals surface area contributed by atoms with E-state index >= 15 is 0 Å². The van der Waals surface area contributed by atoms with Gasteiger partial charge in [-0.3, -0.25) is 9.69 Å². The fourth-order valence-electron chi connectivity index (χ4n) is 3.21. The summed E-state index contributed by atoms with van der Waals surface area (Å²) in [5.41, 5.74) is 2.18. The van der Waals surface area contributed by atoms with Crippen LogP contribution in [0.15, 0.2) is 63.8 Å². The minimum absolute atomic E-state index is 0.211. The van der Waals surface area contributed by atoms with Crippen molar-refractivity contribution in [1.29, 1.82) is 0 Å². The van der Waals surface area contributed by atoms with E-state index in [9.17, 15) is 9.59 Å². The lowest BCUT2D eigenvalue weighted by Gasteiger charge is -2.18. The Bertz CT molecular complexity index is 1040. The second-order valence-corrected chi connectivity index (χ2v) is 7.15. The molecule has 0 aromatic heterocycles. The van der Waals surface area contributed by atoms with E-state index in [1.807, 2.05) is 18.2 Å². The molecule has 0 N–H and O–H groups in total. The van der Waals surface area contributed by atoms with E-state index in [4.69, 9.17) is 14.2 Å². The van der Waals surface area contributed by atoms with Gasteiger partial charge in [0.15, 0.2) is 0 Å². The number of methoxy groups -OCH3 is 3. The lowest BCUT2D eigenvalue weighted by Crippen LogP contribution is -2.24. The highest BCUT2D eigenvalue weighted by Gasteiger charge is 2.38. The van der Waals surface area contributed by atoms with E-state index in [-0.39, 0.29) is 17.1 Å². The lowest BCUT2D eigenvalue weighted by molar-refractivity contribution is -0.136. The van der Waals surface area contributed by atoms with E-state index in [0.29, 0.717) is 28.4 Å². The maximum Gasteiger partial charge on any atom is 0.340 e. The second-order valence-electron chi connectivity index (χ2n) is 6.24. The van der Waals surface area contributed by atoms with Crippen LogP contribution in [0, 0.1) is 0 Å². The molecular weight excluding hydrogens is 438 g/mol. The maximum absolute atomic E-state index is 13.3. The Morgan fingerprint density at radius 2 is 1.83 bits per heavy atom. The van der Waals surface area contributed by atoms with Crippen molar-refractivity contribution in [2.45, 2.75) is 6.92 Å². The summed E-state index contributed by atoms with van der Waals surface area (Å²) in [6.07, 6.45) is 1.62. The van der Waals surface area contributed by atoms with Gasteiger partial charge in [-0.2, -0.15) is 0 Å². The molecule has 0 unspecified atom stereocenters. The standard InChI is InChI=1S/C22H20BrNO5/c1-13-20(22(26)29-4)18(11-14-10-17(27-2)8-9-19(14)28-3)21(25)24(13)16-7-5-6-15(23)12-16/h5-12H,1-4H3/b18-11-. The maximum atomic E-state index is 13.3. The van der Waals surface area contributed by atoms with Crippen LogP contribution < -0.4 is 14.4 Å². The summed E-state index contributed by atoms with van der Waals surface area (Å²) in [6.45, 7) is 1.72. The number of hydrogen-bond donors (Lipinski definition) is 0. The third-order valence-electron chi connectivity index (χ3n) is 4.59. The molecule has 0 atom stereocenters. The van der Waals surface area contributed by atoms with Gasteiger partial charge in [-0.05, 0) is 49.4 Å². The minimum atomic E-state index is -0.582. The molecule has 6 nitrogen and oxygen atoms in total. The van der Waals surface area contributed by atoms with Crippen molar-refractivity contribution in [2.75, 3.05) is 26.2 Å². The number of nitrogens with zero attached hydrogens (tertiary/aromatic N) is 1. The number of esters is 1. The van der Waals surface area contributed by atoms with E-state index in [1.165, 1.54) is 19.1 Å². The first-order chi connectivity index (χ1) is 13.9. The number of carbonyl (C=O) groups is 2. The summed E-state index contributed by atoms with van der Waals surface area (Å²) in [5.74, 6) is 0.244. The van der Waals surface area contributed by atoms with Gasteiger partial charge in [-0.15, -0.1) is 0 Å². The van der Waals surface area contributed by atoms with Crippen molar-refractivity contribution in [3.05, 3.63) is 69.3 Å². The van der Waals surface area contributed by atoms with Crippen LogP contribution in [0.1, 0.15) is 12.5 Å². The number of allylic oxidation sites excluding steroid dienone is 1. The van der Waals surface area contributed by atoms with Gasteiger partial charge in [-0.25, -0.2) is 4.79 Å². The molecule has 0 saturated carbocycles. The van der Waals surface area contributed by atoms with Crippen molar-refractivity contribution in [3.63, 3.8) is 0 Å². The molecule has 0 aliphatic carbocycles. The first kappa shape index (κ1) is 20.7. The van der Waals surface area contributed by atoms with Crippen molar-refractivity contribution >= 4 is 39.6 Å². The molecule has 1 aliphatic rings. The number of anilines is 1. The van der Waals surface area contributed by atoms with Crippen molar-refractivity contribution in [2.24, 2.45) is 0 Å². The Kier molecular flexibility index (Phi) is 6.08. The average molecular weight is 458 g/mol. The fourth-order valence-corrected chi connectivity index (χ4v) is 3.60. The summed E-state index contributed by atoms with van der Waals surface area (Å²) >= 11 is 3.42.